The Morgan fingerprint density at radius 1 is 1.23 bits per heavy atom. The van der Waals surface area contributed by atoms with E-state index >= 15 is 0 Å². The van der Waals surface area contributed by atoms with Gasteiger partial charge in [0.15, 0.2) is 5.69 Å². The highest BCUT2D eigenvalue weighted by atomic mass is 19.4. The van der Waals surface area contributed by atoms with Crippen molar-refractivity contribution in [3.63, 3.8) is 0 Å². The topological polar surface area (TPSA) is 76.4 Å². The van der Waals surface area contributed by atoms with E-state index in [2.05, 4.69) is 20.4 Å². The number of halogens is 7. The molecule has 2 N–H and O–H groups in total. The van der Waals surface area contributed by atoms with Crippen LogP contribution in [0.15, 0.2) is 40.9 Å². The van der Waals surface area contributed by atoms with Crippen LogP contribution >= 0.6 is 0 Å². The number of fused-ring (bicyclic) bond motifs is 1. The molecule has 1 aromatic carbocycles. The van der Waals surface area contributed by atoms with Crippen LogP contribution in [-0.4, -0.2) is 35.9 Å². The van der Waals surface area contributed by atoms with E-state index in [9.17, 15) is 35.5 Å². The molecule has 1 atom stereocenters. The summed E-state index contributed by atoms with van der Waals surface area (Å²) < 4.78 is 107. The summed E-state index contributed by atoms with van der Waals surface area (Å²) in [5, 5.41) is 4.74. The molecule has 1 aliphatic rings. The lowest BCUT2D eigenvalue weighted by Crippen LogP contribution is -2.57. The molecule has 1 amide bonds. The zero-order chi connectivity index (χ0) is 25.6. The maximum absolute atomic E-state index is 14.7. The number of alkyl halides is 7. The third kappa shape index (κ3) is 4.90. The third-order valence-electron chi connectivity index (χ3n) is 5.48. The van der Waals surface area contributed by atoms with E-state index in [1.165, 1.54) is 13.0 Å². The number of hydrogen-bond donors (Lipinski definition) is 2. The molecule has 1 saturated heterocycles. The minimum Gasteiger partial charge on any atom is -0.461 e. The molecule has 3 heterocycles. The van der Waals surface area contributed by atoms with Crippen LogP contribution in [0.1, 0.15) is 33.8 Å². The van der Waals surface area contributed by atoms with Gasteiger partial charge >= 0.3 is 12.3 Å². The molecule has 3 aromatic rings. The molecular formula is C22H18F7N3O3. The van der Waals surface area contributed by atoms with E-state index in [1.54, 1.807) is 0 Å². The molecule has 0 radical (unpaired) electrons. The number of amides is 1. The number of aromatic nitrogens is 1. The number of hydrogen-bond acceptors (Lipinski definition) is 5. The predicted octanol–water partition coefficient (Wildman–Crippen LogP) is 5.01. The lowest BCUT2D eigenvalue weighted by molar-refractivity contribution is -0.196. The van der Waals surface area contributed by atoms with Gasteiger partial charge in [0.25, 0.3) is 11.8 Å². The number of aryl methyl sites for hydroxylation is 1. The van der Waals surface area contributed by atoms with Gasteiger partial charge in [0.1, 0.15) is 17.1 Å². The van der Waals surface area contributed by atoms with Crippen molar-refractivity contribution in [3.8, 4) is 5.75 Å². The fourth-order valence-corrected chi connectivity index (χ4v) is 3.86. The van der Waals surface area contributed by atoms with Crippen molar-refractivity contribution in [2.75, 3.05) is 13.1 Å². The Kier molecular flexibility index (Phi) is 6.16. The Morgan fingerprint density at radius 2 is 1.97 bits per heavy atom. The largest absolute Gasteiger partial charge is 0.461 e. The summed E-state index contributed by atoms with van der Waals surface area (Å²) in [6, 6.07) is 3.15. The molecule has 0 aliphatic carbocycles. The highest BCUT2D eigenvalue weighted by molar-refractivity contribution is 6.07. The highest BCUT2D eigenvalue weighted by Gasteiger charge is 2.46. The van der Waals surface area contributed by atoms with E-state index in [-0.39, 0.29) is 35.3 Å². The molecule has 1 aliphatic heterocycles. The molecule has 0 bridgehead atoms. The number of benzene rings is 1. The molecule has 188 valence electrons. The van der Waals surface area contributed by atoms with E-state index < -0.39 is 53.7 Å². The second kappa shape index (κ2) is 8.70. The Labute approximate surface area is 193 Å². The summed E-state index contributed by atoms with van der Waals surface area (Å²) in [5.41, 5.74) is -3.42. The Balaban J connectivity index is 1.66. The summed E-state index contributed by atoms with van der Waals surface area (Å²) in [6.45, 7) is 1.02. The van der Waals surface area contributed by atoms with Crippen LogP contribution in [0.4, 0.5) is 30.7 Å². The summed E-state index contributed by atoms with van der Waals surface area (Å²) >= 11 is 0. The van der Waals surface area contributed by atoms with Crippen LogP contribution < -0.4 is 15.4 Å². The lowest BCUT2D eigenvalue weighted by atomic mass is 10.0. The number of carbonyl (C=O) groups excluding carboxylic acids is 1. The zero-order valence-electron chi connectivity index (χ0n) is 18.0. The maximum Gasteiger partial charge on any atom is 0.433 e. The molecule has 35 heavy (non-hydrogen) atoms. The monoisotopic (exact) mass is 505 g/mol. The predicted molar refractivity (Wildman–Crippen MR) is 108 cm³/mol. The van der Waals surface area contributed by atoms with Crippen LogP contribution in [0.2, 0.25) is 0 Å². The summed E-state index contributed by atoms with van der Waals surface area (Å²) in [7, 11) is 0. The molecule has 4 rings (SSSR count). The van der Waals surface area contributed by atoms with Crippen LogP contribution in [0.25, 0.3) is 11.0 Å². The normalized spacial score (nSPS) is 18.5. The number of rotatable bonds is 5. The fraction of sp³-hybridized carbons (Fsp3) is 0.364. The van der Waals surface area contributed by atoms with Crippen molar-refractivity contribution in [2.45, 2.75) is 37.6 Å². The Bertz CT molecular complexity index is 1260. The zero-order valence-corrected chi connectivity index (χ0v) is 18.0. The van der Waals surface area contributed by atoms with Crippen molar-refractivity contribution in [2.24, 2.45) is 0 Å². The quantitative estimate of drug-likeness (QED) is 0.477. The van der Waals surface area contributed by atoms with Gasteiger partial charge in [0, 0.05) is 11.6 Å². The van der Waals surface area contributed by atoms with E-state index in [1.807, 2.05) is 0 Å². The van der Waals surface area contributed by atoms with E-state index in [0.717, 1.165) is 24.4 Å². The fourth-order valence-electron chi connectivity index (χ4n) is 3.86. The number of nitrogens with one attached hydrogen (secondary N) is 2. The van der Waals surface area contributed by atoms with Crippen LogP contribution in [0.5, 0.6) is 5.75 Å². The van der Waals surface area contributed by atoms with Gasteiger partial charge in [0.05, 0.1) is 23.7 Å². The van der Waals surface area contributed by atoms with Gasteiger partial charge in [-0.1, -0.05) is 0 Å². The molecule has 2 aromatic heterocycles. The second-order valence-electron chi connectivity index (χ2n) is 7.96. The first-order valence-corrected chi connectivity index (χ1v) is 10.3. The van der Waals surface area contributed by atoms with Gasteiger partial charge in [-0.15, -0.1) is 0 Å². The van der Waals surface area contributed by atoms with Gasteiger partial charge in [-0.25, -0.2) is 8.78 Å². The first-order valence-electron chi connectivity index (χ1n) is 10.3. The molecule has 0 saturated carbocycles. The lowest BCUT2D eigenvalue weighted by Gasteiger charge is -2.32. The van der Waals surface area contributed by atoms with Crippen molar-refractivity contribution >= 4 is 16.9 Å². The molecule has 0 spiro atoms. The first-order chi connectivity index (χ1) is 16.3. The molecule has 13 heteroatoms. The summed E-state index contributed by atoms with van der Waals surface area (Å²) in [4.78, 5) is 15.8. The van der Waals surface area contributed by atoms with Gasteiger partial charge in [-0.2, -0.15) is 22.0 Å². The van der Waals surface area contributed by atoms with Crippen molar-refractivity contribution in [3.05, 3.63) is 59.1 Å². The molecule has 1 fully saturated rings. The maximum atomic E-state index is 14.7. The standard InChI is InChI=1S/C22H18F7N3O3/c1-11-17(19(33)32-16-6-8-30-10-20(16,23)24)13-9-12(4-5-15(13)34-11)35-22(28,29)14-3-2-7-31-18(14)21(25,26)27/h2-5,7,9,16,30H,6,8,10H2,1H3,(H,32,33). The van der Waals surface area contributed by atoms with Gasteiger partial charge in [-0.05, 0) is 50.2 Å². The smallest absolute Gasteiger partial charge is 0.433 e. The number of ether oxygens (including phenoxy) is 1. The number of piperidine rings is 1. The summed E-state index contributed by atoms with van der Waals surface area (Å²) in [5.74, 6) is -4.67. The van der Waals surface area contributed by atoms with Crippen LogP contribution in [0, 0.1) is 6.92 Å². The van der Waals surface area contributed by atoms with Gasteiger partial charge < -0.3 is 19.8 Å². The van der Waals surface area contributed by atoms with Gasteiger partial charge in [-0.3, -0.25) is 9.78 Å². The minimum absolute atomic E-state index is 0.0327. The number of carbonyl (C=O) groups is 1. The average molecular weight is 505 g/mol. The third-order valence-corrected chi connectivity index (χ3v) is 5.48. The minimum atomic E-state index is -5.16. The number of pyridine rings is 1. The van der Waals surface area contributed by atoms with Crippen LogP contribution in [-0.2, 0) is 12.3 Å². The Morgan fingerprint density at radius 3 is 2.66 bits per heavy atom. The highest BCUT2D eigenvalue weighted by Crippen LogP contribution is 2.40. The molecule has 6 nitrogen and oxygen atoms in total. The molecular weight excluding hydrogens is 487 g/mol. The van der Waals surface area contributed by atoms with Crippen molar-refractivity contribution in [1.29, 1.82) is 0 Å². The summed E-state index contributed by atoms with van der Waals surface area (Å²) in [6.07, 6.45) is -8.91. The number of furan rings is 1. The van der Waals surface area contributed by atoms with Crippen molar-refractivity contribution < 1.29 is 44.7 Å². The van der Waals surface area contributed by atoms with E-state index in [0.29, 0.717) is 6.07 Å². The first kappa shape index (κ1) is 24.8. The molecule has 1 unspecified atom stereocenters. The average Bonchev–Trinajstić information content (AvgIpc) is 3.09. The second-order valence-corrected chi connectivity index (χ2v) is 7.96. The van der Waals surface area contributed by atoms with Crippen molar-refractivity contribution in [1.82, 2.24) is 15.6 Å². The SMILES string of the molecule is Cc1oc2ccc(OC(F)(F)c3cccnc3C(F)(F)F)cc2c1C(=O)NC1CCNCC1(F)F. The Hall–Kier alpha value is -3.35. The number of nitrogens with zero attached hydrogens (tertiary/aromatic N) is 1. The van der Waals surface area contributed by atoms with Gasteiger partial charge in [0.2, 0.25) is 0 Å². The van der Waals surface area contributed by atoms with Crippen LogP contribution in [0.3, 0.4) is 0 Å². The van der Waals surface area contributed by atoms with E-state index in [4.69, 9.17) is 4.42 Å².